The van der Waals surface area contributed by atoms with Crippen molar-refractivity contribution in [1.82, 2.24) is 0 Å². The van der Waals surface area contributed by atoms with Gasteiger partial charge in [-0.2, -0.15) is 0 Å². The van der Waals surface area contributed by atoms with Crippen molar-refractivity contribution in [3.05, 3.63) is 35.5 Å². The van der Waals surface area contributed by atoms with E-state index in [0.29, 0.717) is 5.57 Å². The average Bonchev–Trinajstić information content (AvgIpc) is 2.52. The minimum Gasteiger partial charge on any atom is -0.454 e. The van der Waals surface area contributed by atoms with Gasteiger partial charge < -0.3 is 4.74 Å². The fraction of sp³-hybridized carbons (Fsp3) is 0.533. The molecule has 2 heteroatoms. The summed E-state index contributed by atoms with van der Waals surface area (Å²) in [6.07, 6.45) is 8.45. The molecule has 0 unspecified atom stereocenters. The molecule has 0 aromatic carbocycles. The van der Waals surface area contributed by atoms with Crippen LogP contribution in [0.2, 0.25) is 0 Å². The summed E-state index contributed by atoms with van der Waals surface area (Å²) in [5.41, 5.74) is 3.35. The van der Waals surface area contributed by atoms with E-state index >= 15 is 0 Å². The summed E-state index contributed by atoms with van der Waals surface area (Å²) in [6, 6.07) is 0. The zero-order valence-electron chi connectivity index (χ0n) is 10.7. The van der Waals surface area contributed by atoms with Gasteiger partial charge in [-0.3, -0.25) is 0 Å². The van der Waals surface area contributed by atoms with Crippen LogP contribution in [-0.2, 0) is 9.53 Å². The summed E-state index contributed by atoms with van der Waals surface area (Å²) in [5.74, 6) is -0.0520. The number of rotatable bonds is 0. The topological polar surface area (TPSA) is 26.3 Å². The Morgan fingerprint density at radius 3 is 2.82 bits per heavy atom. The maximum atomic E-state index is 11.6. The number of ether oxygens (including phenoxy) is 1. The maximum absolute atomic E-state index is 11.6. The molecule has 0 amide bonds. The molecule has 1 heterocycles. The number of esters is 1. The van der Waals surface area contributed by atoms with Crippen LogP contribution in [0.25, 0.3) is 0 Å². The van der Waals surface area contributed by atoms with E-state index in [1.807, 2.05) is 0 Å². The van der Waals surface area contributed by atoms with Crippen molar-refractivity contribution in [2.24, 2.45) is 5.92 Å². The largest absolute Gasteiger partial charge is 0.454 e. The number of hydrogen-bond donors (Lipinski definition) is 0. The summed E-state index contributed by atoms with van der Waals surface area (Å²) in [7, 11) is 0. The van der Waals surface area contributed by atoms with E-state index in [1.54, 1.807) is 0 Å². The van der Waals surface area contributed by atoms with Crippen LogP contribution in [0.5, 0.6) is 0 Å². The highest BCUT2D eigenvalue weighted by Gasteiger charge is 2.36. The molecule has 2 aliphatic rings. The van der Waals surface area contributed by atoms with Crippen molar-refractivity contribution in [1.29, 1.82) is 0 Å². The molecule has 0 radical (unpaired) electrons. The van der Waals surface area contributed by atoms with Gasteiger partial charge in [0, 0.05) is 11.5 Å². The average molecular weight is 232 g/mol. The van der Waals surface area contributed by atoms with Crippen molar-refractivity contribution in [2.45, 2.75) is 45.6 Å². The van der Waals surface area contributed by atoms with E-state index < -0.39 is 0 Å². The van der Waals surface area contributed by atoms with Crippen LogP contribution < -0.4 is 0 Å². The predicted octanol–water partition coefficient (Wildman–Crippen LogP) is 3.55. The summed E-state index contributed by atoms with van der Waals surface area (Å²) in [5, 5.41) is 0. The SMILES string of the molecule is C=C1C(=O)O[C@H]2/C=C(/C)CC/C=C(/C)CC[C@H]12. The van der Waals surface area contributed by atoms with E-state index in [9.17, 15) is 4.79 Å². The fourth-order valence-corrected chi connectivity index (χ4v) is 2.51. The van der Waals surface area contributed by atoms with Crippen LogP contribution >= 0.6 is 0 Å². The Balaban J connectivity index is 2.24. The van der Waals surface area contributed by atoms with Crippen LogP contribution in [-0.4, -0.2) is 12.1 Å². The Morgan fingerprint density at radius 2 is 2.06 bits per heavy atom. The second kappa shape index (κ2) is 4.91. The number of hydrogen-bond acceptors (Lipinski definition) is 2. The lowest BCUT2D eigenvalue weighted by Gasteiger charge is -2.17. The molecule has 2 nitrogen and oxygen atoms in total. The second-order valence-electron chi connectivity index (χ2n) is 5.14. The first kappa shape index (κ1) is 12.2. The minimum atomic E-state index is -0.218. The number of allylic oxidation sites excluding steroid dienone is 3. The standard InChI is InChI=1S/C15H20O2/c1-10-5-4-6-11(2)9-14-13(8-7-10)12(3)15(16)17-14/h5,9,13-14H,3-4,6-8H2,1-2H3/b10-5-,11-9-/t13-,14+/m1/s1. The molecule has 17 heavy (non-hydrogen) atoms. The lowest BCUT2D eigenvalue weighted by Crippen LogP contribution is -2.15. The smallest absolute Gasteiger partial charge is 0.334 e. The van der Waals surface area contributed by atoms with Crippen molar-refractivity contribution < 1.29 is 9.53 Å². The zero-order valence-corrected chi connectivity index (χ0v) is 10.7. The summed E-state index contributed by atoms with van der Waals surface area (Å²) < 4.78 is 5.38. The number of carbonyl (C=O) groups excluding carboxylic acids is 1. The Bertz CT molecular complexity index is 401. The number of fused-ring (bicyclic) bond motifs is 1. The normalized spacial score (nSPS) is 36.4. The fourth-order valence-electron chi connectivity index (χ4n) is 2.51. The molecule has 2 atom stereocenters. The van der Waals surface area contributed by atoms with E-state index in [-0.39, 0.29) is 18.0 Å². The first-order valence-electron chi connectivity index (χ1n) is 6.30. The van der Waals surface area contributed by atoms with E-state index in [2.05, 4.69) is 32.6 Å². The van der Waals surface area contributed by atoms with E-state index in [1.165, 1.54) is 11.1 Å². The van der Waals surface area contributed by atoms with Crippen LogP contribution in [0.1, 0.15) is 39.5 Å². The Morgan fingerprint density at radius 1 is 1.29 bits per heavy atom. The molecule has 92 valence electrons. The van der Waals surface area contributed by atoms with E-state index in [0.717, 1.165) is 25.7 Å². The Hall–Kier alpha value is -1.31. The van der Waals surface area contributed by atoms with Crippen LogP contribution in [0, 0.1) is 5.92 Å². The third kappa shape index (κ3) is 2.68. The van der Waals surface area contributed by atoms with E-state index in [4.69, 9.17) is 4.74 Å². The zero-order chi connectivity index (χ0) is 12.4. The molecule has 1 aliphatic carbocycles. The van der Waals surface area contributed by atoms with Gasteiger partial charge in [-0.25, -0.2) is 4.79 Å². The first-order valence-corrected chi connectivity index (χ1v) is 6.30. The van der Waals surface area contributed by atoms with Gasteiger partial charge in [0.2, 0.25) is 0 Å². The quantitative estimate of drug-likeness (QED) is 0.363. The van der Waals surface area contributed by atoms with Crippen molar-refractivity contribution in [3.8, 4) is 0 Å². The third-order valence-corrected chi connectivity index (χ3v) is 3.68. The Kier molecular flexibility index (Phi) is 3.51. The molecule has 0 aromatic heterocycles. The molecule has 0 spiro atoms. The van der Waals surface area contributed by atoms with Gasteiger partial charge in [0.1, 0.15) is 6.10 Å². The van der Waals surface area contributed by atoms with Gasteiger partial charge in [-0.15, -0.1) is 0 Å². The minimum absolute atomic E-state index is 0.0825. The van der Waals surface area contributed by atoms with Crippen LogP contribution in [0.15, 0.2) is 35.5 Å². The molecule has 1 aliphatic heterocycles. The van der Waals surface area contributed by atoms with Gasteiger partial charge in [0.25, 0.3) is 0 Å². The predicted molar refractivity (Wildman–Crippen MR) is 68.5 cm³/mol. The summed E-state index contributed by atoms with van der Waals surface area (Å²) in [6.45, 7) is 8.14. The summed E-state index contributed by atoms with van der Waals surface area (Å²) >= 11 is 0. The van der Waals surface area contributed by atoms with Crippen molar-refractivity contribution >= 4 is 5.97 Å². The molecule has 2 rings (SSSR count). The highest BCUT2D eigenvalue weighted by atomic mass is 16.5. The third-order valence-electron chi connectivity index (χ3n) is 3.68. The molecule has 0 aromatic rings. The molecule has 0 saturated carbocycles. The molecule has 1 saturated heterocycles. The summed E-state index contributed by atoms with van der Waals surface area (Å²) in [4.78, 5) is 11.6. The monoisotopic (exact) mass is 232 g/mol. The lowest BCUT2D eigenvalue weighted by atomic mass is 9.88. The molecule has 1 fully saturated rings. The van der Waals surface area contributed by atoms with Gasteiger partial charge in [-0.05, 0) is 45.6 Å². The number of carbonyl (C=O) groups is 1. The highest BCUT2D eigenvalue weighted by Crippen LogP contribution is 2.33. The van der Waals surface area contributed by atoms with Crippen molar-refractivity contribution in [2.75, 3.05) is 0 Å². The van der Waals surface area contributed by atoms with Gasteiger partial charge in [0.15, 0.2) is 0 Å². The van der Waals surface area contributed by atoms with Gasteiger partial charge >= 0.3 is 5.97 Å². The Labute approximate surface area is 103 Å². The lowest BCUT2D eigenvalue weighted by molar-refractivity contribution is -0.137. The molecule has 0 N–H and O–H groups in total. The molecule has 0 bridgehead atoms. The van der Waals surface area contributed by atoms with Crippen molar-refractivity contribution in [3.63, 3.8) is 0 Å². The first-order chi connectivity index (χ1) is 8.08. The van der Waals surface area contributed by atoms with Crippen LogP contribution in [0.4, 0.5) is 0 Å². The highest BCUT2D eigenvalue weighted by molar-refractivity contribution is 5.91. The van der Waals surface area contributed by atoms with Gasteiger partial charge in [-0.1, -0.05) is 23.8 Å². The molecular formula is C15H20O2. The van der Waals surface area contributed by atoms with Gasteiger partial charge in [0.05, 0.1) is 0 Å². The maximum Gasteiger partial charge on any atom is 0.334 e. The van der Waals surface area contributed by atoms with Crippen LogP contribution in [0.3, 0.4) is 0 Å². The molecular weight excluding hydrogens is 212 g/mol. The second-order valence-corrected chi connectivity index (χ2v) is 5.14.